The molecule has 0 bridgehead atoms. The van der Waals surface area contributed by atoms with Crippen LogP contribution in [0.5, 0.6) is 5.75 Å². The molecule has 2 aromatic carbocycles. The van der Waals surface area contributed by atoms with Crippen molar-refractivity contribution in [3.05, 3.63) is 89.7 Å². The molecule has 0 saturated heterocycles. The van der Waals surface area contributed by atoms with Crippen LogP contribution < -0.4 is 14.0 Å². The molecule has 4 rings (SSSR count). The van der Waals surface area contributed by atoms with Crippen molar-refractivity contribution < 1.29 is 45.2 Å². The van der Waals surface area contributed by atoms with Gasteiger partial charge in [-0.05, 0) is 17.7 Å². The van der Waals surface area contributed by atoms with Crippen molar-refractivity contribution in [1.29, 1.82) is 5.26 Å². The van der Waals surface area contributed by atoms with Gasteiger partial charge in [0.1, 0.15) is 34.0 Å². The molecular formula is C24H20F3N3O6PS2+. The zero-order valence-electron chi connectivity index (χ0n) is 19.7. The van der Waals surface area contributed by atoms with Crippen LogP contribution in [0.25, 0.3) is 10.1 Å². The number of ether oxygens (including phenoxy) is 1. The number of benzene rings is 2. The molecule has 1 unspecified atom stereocenters. The Morgan fingerprint density at radius 3 is 2.31 bits per heavy atom. The highest BCUT2D eigenvalue weighted by Gasteiger charge is 2.44. The van der Waals surface area contributed by atoms with Gasteiger partial charge >= 0.3 is 13.8 Å². The lowest BCUT2D eigenvalue weighted by Crippen LogP contribution is -2.35. The summed E-state index contributed by atoms with van der Waals surface area (Å²) in [4.78, 5) is 19.6. The van der Waals surface area contributed by atoms with Gasteiger partial charge in [-0.3, -0.25) is 4.57 Å². The van der Waals surface area contributed by atoms with Crippen LogP contribution in [-0.4, -0.2) is 24.8 Å². The van der Waals surface area contributed by atoms with Gasteiger partial charge in [0, 0.05) is 22.2 Å². The number of hydrogen-bond donors (Lipinski definition) is 3. The molecule has 0 radical (unpaired) electrons. The van der Waals surface area contributed by atoms with E-state index in [-0.39, 0.29) is 34.0 Å². The third-order valence-corrected chi connectivity index (χ3v) is 9.90. The Balaban J connectivity index is 1.79. The monoisotopic (exact) mass is 598 g/mol. The Kier molecular flexibility index (Phi) is 8.13. The first-order valence-corrected chi connectivity index (χ1v) is 15.1. The smallest absolute Gasteiger partial charge is 0.419 e. The van der Waals surface area contributed by atoms with E-state index in [4.69, 9.17) is 4.74 Å². The van der Waals surface area contributed by atoms with E-state index in [0.717, 1.165) is 0 Å². The number of sulfonamides is 1. The van der Waals surface area contributed by atoms with Crippen molar-refractivity contribution in [2.75, 3.05) is 6.61 Å². The van der Waals surface area contributed by atoms with Gasteiger partial charge in [0.15, 0.2) is 18.9 Å². The molecule has 0 saturated carbocycles. The van der Waals surface area contributed by atoms with Crippen molar-refractivity contribution in [2.45, 2.75) is 22.7 Å². The van der Waals surface area contributed by atoms with Gasteiger partial charge < -0.3 is 14.5 Å². The van der Waals surface area contributed by atoms with E-state index in [0.29, 0.717) is 6.54 Å². The molecule has 0 fully saturated rings. The zero-order chi connectivity index (χ0) is 28.4. The Labute approximate surface area is 224 Å². The second-order valence-electron chi connectivity index (χ2n) is 8.17. The normalized spacial score (nSPS) is 13.2. The molecule has 2 aromatic heterocycles. The third kappa shape index (κ3) is 6.30. The van der Waals surface area contributed by atoms with Crippen LogP contribution in [0.4, 0.5) is 13.2 Å². The standard InChI is InChI=1S/C24H19F3N3O6PS2/c25-24(26,27)21-20-17(15-28)18(36-14-13-30-11-5-2-6-12-30)9-10-19(20)38-23(21)39(34,35)29-22(37(31,32)33)16-7-3-1-4-8-16/h1-12,22,29H,13-14H2,(H-,31,32,33)/p+1. The van der Waals surface area contributed by atoms with E-state index < -0.39 is 50.3 Å². The molecule has 39 heavy (non-hydrogen) atoms. The van der Waals surface area contributed by atoms with Gasteiger partial charge in [-0.1, -0.05) is 36.4 Å². The fourth-order valence-electron chi connectivity index (χ4n) is 3.84. The molecule has 9 nitrogen and oxygen atoms in total. The summed E-state index contributed by atoms with van der Waals surface area (Å²) in [5.74, 6) is -2.31. The SMILES string of the molecule is N#Cc1c(OCC[n+]2ccccc2)ccc2sc(S(=O)(=O)NC(c3ccccc3)P(=O)(O)O)c(C(F)(F)F)c12. The first kappa shape index (κ1) is 28.7. The van der Waals surface area contributed by atoms with Crippen molar-refractivity contribution in [2.24, 2.45) is 0 Å². The molecule has 3 N–H and O–H groups in total. The molecule has 0 spiro atoms. The van der Waals surface area contributed by atoms with Gasteiger partial charge in [0.2, 0.25) is 0 Å². The summed E-state index contributed by atoms with van der Waals surface area (Å²) in [5, 5.41) is 9.10. The molecule has 0 aliphatic carbocycles. The Morgan fingerprint density at radius 2 is 1.72 bits per heavy atom. The van der Waals surface area contributed by atoms with Crippen molar-refractivity contribution in [1.82, 2.24) is 4.72 Å². The van der Waals surface area contributed by atoms with Crippen molar-refractivity contribution >= 4 is 39.0 Å². The van der Waals surface area contributed by atoms with Crippen molar-refractivity contribution in [3.8, 4) is 11.8 Å². The molecule has 1 atom stereocenters. The lowest BCUT2D eigenvalue weighted by atomic mass is 10.1. The first-order valence-electron chi connectivity index (χ1n) is 11.1. The summed E-state index contributed by atoms with van der Waals surface area (Å²) in [6.45, 7) is 0.334. The van der Waals surface area contributed by atoms with Crippen molar-refractivity contribution in [3.63, 3.8) is 0 Å². The molecule has 15 heteroatoms. The summed E-state index contributed by atoms with van der Waals surface area (Å²) in [6, 6.07) is 16.3. The minimum Gasteiger partial charge on any atom is -0.486 e. The highest BCUT2D eigenvalue weighted by Crippen LogP contribution is 2.52. The summed E-state index contributed by atoms with van der Waals surface area (Å²) in [5.41, 5.74) is -2.27. The molecule has 0 aliphatic heterocycles. The van der Waals surface area contributed by atoms with Gasteiger partial charge in [-0.25, -0.2) is 13.0 Å². The number of alkyl halides is 3. The van der Waals surface area contributed by atoms with E-state index in [1.54, 1.807) is 46.0 Å². The van der Waals surface area contributed by atoms with Gasteiger partial charge in [-0.15, -0.1) is 11.3 Å². The predicted molar refractivity (Wildman–Crippen MR) is 135 cm³/mol. The number of thiophene rings is 1. The predicted octanol–water partition coefficient (Wildman–Crippen LogP) is 4.31. The number of nitrogens with one attached hydrogen (secondary N) is 1. The Hall–Kier alpha value is -3.31. The third-order valence-electron chi connectivity index (χ3n) is 5.53. The molecule has 0 aliphatic rings. The second kappa shape index (κ2) is 11.1. The quantitative estimate of drug-likeness (QED) is 0.193. The highest BCUT2D eigenvalue weighted by atomic mass is 32.2. The molecule has 2 heterocycles. The van der Waals surface area contributed by atoms with Crippen LogP contribution in [0.15, 0.2) is 77.3 Å². The average Bonchev–Trinajstić information content (AvgIpc) is 3.29. The number of rotatable bonds is 9. The van der Waals surface area contributed by atoms with Crippen LogP contribution in [-0.2, 0) is 27.3 Å². The molecular weight excluding hydrogens is 578 g/mol. The van der Waals surface area contributed by atoms with Gasteiger partial charge in [0.25, 0.3) is 10.0 Å². The summed E-state index contributed by atoms with van der Waals surface area (Å²) < 4.78 is 89.4. The number of nitriles is 1. The van der Waals surface area contributed by atoms with Crippen LogP contribution in [0.2, 0.25) is 0 Å². The number of hydrogen-bond acceptors (Lipinski definition) is 6. The number of nitrogens with zero attached hydrogens (tertiary/aromatic N) is 2. The second-order valence-corrected chi connectivity index (χ2v) is 12.8. The summed E-state index contributed by atoms with van der Waals surface area (Å²) >= 11 is 0.230. The topological polar surface area (TPSA) is 141 Å². The fraction of sp³-hybridized carbons (Fsp3) is 0.167. The first-order chi connectivity index (χ1) is 18.3. The maximum Gasteiger partial charge on any atom is 0.419 e. The van der Waals surface area contributed by atoms with Crippen LogP contribution in [0.1, 0.15) is 22.5 Å². The lowest BCUT2D eigenvalue weighted by molar-refractivity contribution is -0.697. The minimum atomic E-state index is -5.24. The van der Waals surface area contributed by atoms with Crippen LogP contribution in [0, 0.1) is 11.3 Å². The number of pyridine rings is 1. The van der Waals surface area contributed by atoms with E-state index in [9.17, 15) is 41.2 Å². The minimum absolute atomic E-state index is 0.00804. The van der Waals surface area contributed by atoms with E-state index in [2.05, 4.69) is 0 Å². The summed E-state index contributed by atoms with van der Waals surface area (Å²) in [7, 11) is -10.4. The lowest BCUT2D eigenvalue weighted by Gasteiger charge is -2.20. The van der Waals surface area contributed by atoms with E-state index >= 15 is 0 Å². The Bertz CT molecular complexity index is 1690. The fourth-order valence-corrected chi connectivity index (χ4v) is 8.20. The van der Waals surface area contributed by atoms with Gasteiger partial charge in [0.05, 0.1) is 5.56 Å². The largest absolute Gasteiger partial charge is 0.486 e. The maximum absolute atomic E-state index is 14.4. The van der Waals surface area contributed by atoms with E-state index in [1.807, 2.05) is 0 Å². The number of fused-ring (bicyclic) bond motifs is 1. The number of halogens is 3. The highest BCUT2D eigenvalue weighted by molar-refractivity contribution is 7.92. The van der Waals surface area contributed by atoms with E-state index in [1.165, 1.54) is 42.5 Å². The maximum atomic E-state index is 14.4. The van der Waals surface area contributed by atoms with Crippen LogP contribution in [0.3, 0.4) is 0 Å². The molecule has 4 aromatic rings. The average molecular weight is 599 g/mol. The number of aromatic nitrogens is 1. The van der Waals surface area contributed by atoms with Crippen LogP contribution >= 0.6 is 18.9 Å². The molecule has 0 amide bonds. The van der Waals surface area contributed by atoms with Gasteiger partial charge in [-0.2, -0.15) is 23.2 Å². The zero-order valence-corrected chi connectivity index (χ0v) is 22.3. The molecule has 204 valence electrons. The summed E-state index contributed by atoms with van der Waals surface area (Å²) in [6.07, 6.45) is -1.73. The Morgan fingerprint density at radius 1 is 1.08 bits per heavy atom.